The minimum absolute atomic E-state index is 0.0858. The molecule has 0 spiro atoms. The van der Waals surface area contributed by atoms with Gasteiger partial charge in [-0.15, -0.1) is 0 Å². The van der Waals surface area contributed by atoms with E-state index in [9.17, 15) is 4.79 Å². The summed E-state index contributed by atoms with van der Waals surface area (Å²) in [5, 5.41) is 11.0. The molecular weight excluding hydrogens is 248 g/mol. The molecule has 1 aliphatic carbocycles. The van der Waals surface area contributed by atoms with Gasteiger partial charge in [0.2, 0.25) is 0 Å². The van der Waals surface area contributed by atoms with Gasteiger partial charge in [-0.3, -0.25) is 4.79 Å². The topological polar surface area (TPSA) is 45.2 Å². The molecule has 0 aromatic heterocycles. The van der Waals surface area contributed by atoms with E-state index in [-0.39, 0.29) is 17.1 Å². The van der Waals surface area contributed by atoms with Crippen molar-refractivity contribution in [1.29, 1.82) is 5.26 Å². The number of nitriles is 1. The summed E-state index contributed by atoms with van der Waals surface area (Å²) in [6, 6.07) is 13.2. The van der Waals surface area contributed by atoms with Gasteiger partial charge in [0.25, 0.3) is 5.70 Å². The van der Waals surface area contributed by atoms with Crippen molar-refractivity contribution in [2.75, 3.05) is 0 Å². The summed E-state index contributed by atoms with van der Waals surface area (Å²) in [5.74, 6) is -0.211. The number of fused-ring (bicyclic) bond motifs is 2. The van der Waals surface area contributed by atoms with Gasteiger partial charge >= 0.3 is 0 Å². The molecule has 1 aliphatic rings. The molecule has 2 aromatic carbocycles. The second-order valence-electron chi connectivity index (χ2n) is 4.50. The maximum absolute atomic E-state index is 12.2. The van der Waals surface area contributed by atoms with Gasteiger partial charge in [0.15, 0.2) is 5.78 Å². The van der Waals surface area contributed by atoms with E-state index < -0.39 is 0 Å². The average Bonchev–Trinajstić information content (AvgIpc) is 2.71. The second kappa shape index (κ2) is 4.19. The molecule has 0 unspecified atom stereocenters. The predicted molar refractivity (Wildman–Crippen MR) is 76.6 cm³/mol. The first kappa shape index (κ1) is 11.9. The van der Waals surface area contributed by atoms with E-state index in [1.54, 1.807) is 6.07 Å². The first-order valence-corrected chi connectivity index (χ1v) is 5.96. The van der Waals surface area contributed by atoms with Crippen LogP contribution >= 0.6 is 0 Å². The van der Waals surface area contributed by atoms with Gasteiger partial charge in [-0.2, -0.15) is 0 Å². The number of carbonyl (C=O) groups excluding carboxylic acids is 1. The third kappa shape index (κ3) is 1.48. The van der Waals surface area contributed by atoms with Gasteiger partial charge in [-0.05, 0) is 28.5 Å². The summed E-state index contributed by atoms with van der Waals surface area (Å²) in [5.41, 5.74) is 1.65. The number of benzene rings is 2. The molecule has 0 amide bonds. The Morgan fingerprint density at radius 3 is 2.35 bits per heavy atom. The van der Waals surface area contributed by atoms with Crippen LogP contribution < -0.4 is 0 Å². The molecule has 3 nitrogen and oxygen atoms in total. The zero-order chi connectivity index (χ0) is 14.3. The van der Waals surface area contributed by atoms with Crippen molar-refractivity contribution in [2.24, 2.45) is 0 Å². The van der Waals surface area contributed by atoms with E-state index in [0.717, 1.165) is 10.8 Å². The van der Waals surface area contributed by atoms with Crippen LogP contribution in [0.5, 0.6) is 0 Å². The fourth-order valence-corrected chi connectivity index (χ4v) is 2.48. The van der Waals surface area contributed by atoms with Gasteiger partial charge < -0.3 is 0 Å². The van der Waals surface area contributed by atoms with Crippen molar-refractivity contribution in [2.45, 2.75) is 0 Å². The predicted octanol–water partition coefficient (Wildman–Crippen LogP) is 3.75. The smallest absolute Gasteiger partial charge is 0.270 e. The molecule has 0 bridgehead atoms. The molecule has 3 heteroatoms. The van der Waals surface area contributed by atoms with Crippen molar-refractivity contribution in [3.8, 4) is 6.07 Å². The van der Waals surface area contributed by atoms with E-state index in [1.165, 1.54) is 0 Å². The van der Waals surface area contributed by atoms with Gasteiger partial charge in [0.05, 0.1) is 12.6 Å². The molecule has 0 radical (unpaired) electrons. The largest absolute Gasteiger partial charge is 0.289 e. The zero-order valence-electron chi connectivity index (χ0n) is 10.5. The summed E-state index contributed by atoms with van der Waals surface area (Å²) < 4.78 is 0. The Balaban J connectivity index is 2.44. The van der Waals surface area contributed by atoms with E-state index in [2.05, 4.69) is 11.4 Å². The Morgan fingerprint density at radius 2 is 1.80 bits per heavy atom. The zero-order valence-corrected chi connectivity index (χ0v) is 10.5. The Hall–Kier alpha value is -3.17. The van der Waals surface area contributed by atoms with E-state index >= 15 is 0 Å². The monoisotopic (exact) mass is 256 g/mol. The molecule has 0 aliphatic heterocycles. The van der Waals surface area contributed by atoms with Gasteiger partial charge in [0.1, 0.15) is 0 Å². The molecule has 0 saturated heterocycles. The van der Waals surface area contributed by atoms with Crippen LogP contribution in [-0.2, 0) is 0 Å². The maximum Gasteiger partial charge on any atom is 0.270 e. The minimum atomic E-state index is -0.211. The molecule has 92 valence electrons. The molecule has 3 rings (SSSR count). The summed E-state index contributed by atoms with van der Waals surface area (Å²) in [6.45, 7) is 10.8. The molecule has 2 aromatic rings. The first-order chi connectivity index (χ1) is 9.67. The first-order valence-electron chi connectivity index (χ1n) is 5.96. The molecule has 0 saturated carbocycles. The van der Waals surface area contributed by atoms with Crippen LogP contribution in [0.4, 0.5) is 0 Å². The third-order valence-corrected chi connectivity index (χ3v) is 3.43. The summed E-state index contributed by atoms with van der Waals surface area (Å²) in [7, 11) is 0. The highest BCUT2D eigenvalue weighted by molar-refractivity contribution is 6.28. The average molecular weight is 256 g/mol. The number of hydrogen-bond acceptors (Lipinski definition) is 2. The van der Waals surface area contributed by atoms with Crippen molar-refractivity contribution in [3.05, 3.63) is 76.8 Å². The fraction of sp³-hybridized carbons (Fsp3) is 0. The highest BCUT2D eigenvalue weighted by Gasteiger charge is 2.31. The fourth-order valence-electron chi connectivity index (χ4n) is 2.48. The lowest BCUT2D eigenvalue weighted by Gasteiger charge is -2.03. The van der Waals surface area contributed by atoms with Crippen LogP contribution in [-0.4, -0.2) is 5.78 Å². The Kier molecular flexibility index (Phi) is 2.49. The van der Waals surface area contributed by atoms with E-state index in [4.69, 9.17) is 11.8 Å². The van der Waals surface area contributed by atoms with Crippen molar-refractivity contribution in [1.82, 2.24) is 0 Å². The highest BCUT2D eigenvalue weighted by Crippen LogP contribution is 2.40. The van der Waals surface area contributed by atoms with Crippen molar-refractivity contribution >= 4 is 22.1 Å². The van der Waals surface area contributed by atoms with Crippen LogP contribution in [0.25, 0.3) is 21.2 Å². The lowest BCUT2D eigenvalue weighted by Crippen LogP contribution is -1.93. The Labute approximate surface area is 115 Å². The SMILES string of the molecule is [C-]#[N+]/C(C#N)=C1/C(=C)C(=O)c2cc3ccccc3cc21. The lowest BCUT2D eigenvalue weighted by atomic mass is 10.00. The molecule has 0 atom stereocenters. The summed E-state index contributed by atoms with van der Waals surface area (Å²) in [4.78, 5) is 15.4. The van der Waals surface area contributed by atoms with E-state index in [0.29, 0.717) is 16.7 Å². The summed E-state index contributed by atoms with van der Waals surface area (Å²) >= 11 is 0. The lowest BCUT2D eigenvalue weighted by molar-refractivity contribution is 0.104. The number of nitrogens with zero attached hydrogens (tertiary/aromatic N) is 2. The Morgan fingerprint density at radius 1 is 1.20 bits per heavy atom. The van der Waals surface area contributed by atoms with Crippen molar-refractivity contribution < 1.29 is 4.79 Å². The Bertz CT molecular complexity index is 889. The van der Waals surface area contributed by atoms with Gasteiger partial charge in [-0.1, -0.05) is 30.8 Å². The second-order valence-corrected chi connectivity index (χ2v) is 4.50. The molecule has 0 heterocycles. The van der Waals surface area contributed by atoms with E-state index in [1.807, 2.05) is 36.4 Å². The van der Waals surface area contributed by atoms with Gasteiger partial charge in [0, 0.05) is 16.7 Å². The number of ketones is 1. The highest BCUT2D eigenvalue weighted by atomic mass is 16.1. The third-order valence-electron chi connectivity index (χ3n) is 3.43. The van der Waals surface area contributed by atoms with Crippen LogP contribution in [0.3, 0.4) is 0 Å². The molecular formula is C17H8N2O. The van der Waals surface area contributed by atoms with Crippen LogP contribution in [0, 0.1) is 17.9 Å². The van der Waals surface area contributed by atoms with Crippen LogP contribution in [0.1, 0.15) is 15.9 Å². The van der Waals surface area contributed by atoms with Crippen LogP contribution in [0.2, 0.25) is 0 Å². The number of carbonyl (C=O) groups is 1. The quantitative estimate of drug-likeness (QED) is 0.409. The molecule has 20 heavy (non-hydrogen) atoms. The molecule has 0 fully saturated rings. The number of Topliss-reactive ketones (excluding diaryl/α,β-unsaturated/α-hetero) is 1. The summed E-state index contributed by atoms with van der Waals surface area (Å²) in [6.07, 6.45) is 0. The number of rotatable bonds is 0. The van der Waals surface area contributed by atoms with Gasteiger partial charge in [-0.25, -0.2) is 10.1 Å². The van der Waals surface area contributed by atoms with Crippen molar-refractivity contribution in [3.63, 3.8) is 0 Å². The maximum atomic E-state index is 12.2. The molecule has 0 N–H and O–H groups in total. The number of hydrogen-bond donors (Lipinski definition) is 0. The number of allylic oxidation sites excluding steroid dienone is 3. The standard InChI is InChI=1S/C17H8N2O/c1-10-16(15(9-18)19-2)13-7-11-5-3-4-6-12(11)8-14(13)17(10)20/h3-8H,1H2/b16-15-. The minimum Gasteiger partial charge on any atom is -0.289 e. The van der Waals surface area contributed by atoms with Crippen LogP contribution in [0.15, 0.2) is 54.2 Å². The normalized spacial score (nSPS) is 15.7.